The maximum absolute atomic E-state index is 13.0. The van der Waals surface area contributed by atoms with Gasteiger partial charge in [0.1, 0.15) is 12.1 Å². The van der Waals surface area contributed by atoms with Crippen LogP contribution in [0.25, 0.3) is 0 Å². The zero-order valence-electron chi connectivity index (χ0n) is 14.6. The third-order valence-electron chi connectivity index (χ3n) is 4.76. The van der Waals surface area contributed by atoms with Gasteiger partial charge in [0.05, 0.1) is 12.6 Å². The Bertz CT molecular complexity index is 955. The molecular formula is C20H19FN4O2. The molecule has 0 saturated heterocycles. The van der Waals surface area contributed by atoms with E-state index in [4.69, 9.17) is 0 Å². The molecule has 6 nitrogen and oxygen atoms in total. The maximum Gasteiger partial charge on any atom is 0.293 e. The summed E-state index contributed by atoms with van der Waals surface area (Å²) in [6.45, 7) is 1.30. The maximum atomic E-state index is 13.0. The molecule has 138 valence electrons. The number of aliphatic hydroxyl groups is 1. The lowest BCUT2D eigenvalue weighted by Gasteiger charge is -2.27. The summed E-state index contributed by atoms with van der Waals surface area (Å²) in [4.78, 5) is 18.5. The van der Waals surface area contributed by atoms with Crippen LogP contribution in [0.15, 0.2) is 54.9 Å². The smallest absolute Gasteiger partial charge is 0.293 e. The van der Waals surface area contributed by atoms with E-state index < -0.39 is 6.10 Å². The normalized spacial score (nSPS) is 14.7. The summed E-state index contributed by atoms with van der Waals surface area (Å²) in [5.41, 5.74) is 2.98. The average Bonchev–Trinajstić information content (AvgIpc) is 3.16. The topological polar surface area (TPSA) is 71.2 Å². The number of nitrogens with zero attached hydrogens (tertiary/aromatic N) is 4. The lowest BCUT2D eigenvalue weighted by Crippen LogP contribution is -2.36. The van der Waals surface area contributed by atoms with Crippen molar-refractivity contribution in [3.05, 3.63) is 83.2 Å². The predicted molar refractivity (Wildman–Crippen MR) is 96.3 cm³/mol. The average molecular weight is 366 g/mol. The molecule has 1 amide bonds. The van der Waals surface area contributed by atoms with Gasteiger partial charge in [-0.1, -0.05) is 36.4 Å². The molecule has 1 aromatic heterocycles. The minimum Gasteiger partial charge on any atom is -0.386 e. The number of benzene rings is 2. The Morgan fingerprint density at radius 3 is 2.67 bits per heavy atom. The summed E-state index contributed by atoms with van der Waals surface area (Å²) >= 11 is 0. The molecule has 1 N–H and O–H groups in total. The highest BCUT2D eigenvalue weighted by Gasteiger charge is 2.24. The van der Waals surface area contributed by atoms with Crippen LogP contribution in [0.4, 0.5) is 4.39 Å². The van der Waals surface area contributed by atoms with Gasteiger partial charge in [-0.3, -0.25) is 4.79 Å². The SMILES string of the molecule is O=C(c1ncn(C[C@H](O)c2ccc(F)cc2)n1)N1CCc2ccccc2C1. The highest BCUT2D eigenvalue weighted by molar-refractivity contribution is 5.90. The fraction of sp³-hybridized carbons (Fsp3) is 0.250. The molecule has 7 heteroatoms. The van der Waals surface area contributed by atoms with E-state index in [1.165, 1.54) is 40.8 Å². The molecule has 0 saturated carbocycles. The summed E-state index contributed by atoms with van der Waals surface area (Å²) < 4.78 is 14.4. The third-order valence-corrected chi connectivity index (χ3v) is 4.76. The van der Waals surface area contributed by atoms with Gasteiger partial charge in [0.15, 0.2) is 0 Å². The number of hydrogen-bond acceptors (Lipinski definition) is 4. The lowest BCUT2D eigenvalue weighted by atomic mass is 10.00. The summed E-state index contributed by atoms with van der Waals surface area (Å²) in [5.74, 6) is -0.470. The molecule has 4 rings (SSSR count). The van der Waals surface area contributed by atoms with Crippen molar-refractivity contribution in [2.45, 2.75) is 25.6 Å². The molecule has 2 heterocycles. The molecule has 0 unspecified atom stereocenters. The van der Waals surface area contributed by atoms with E-state index in [9.17, 15) is 14.3 Å². The second-order valence-corrected chi connectivity index (χ2v) is 6.60. The first-order valence-corrected chi connectivity index (χ1v) is 8.79. The summed E-state index contributed by atoms with van der Waals surface area (Å²) in [7, 11) is 0. The fourth-order valence-corrected chi connectivity index (χ4v) is 3.26. The second kappa shape index (κ2) is 7.28. The molecule has 1 atom stereocenters. The van der Waals surface area contributed by atoms with Crippen molar-refractivity contribution in [2.75, 3.05) is 6.54 Å². The highest BCUT2D eigenvalue weighted by Crippen LogP contribution is 2.20. The largest absolute Gasteiger partial charge is 0.386 e. The van der Waals surface area contributed by atoms with Crippen LogP contribution in [-0.2, 0) is 19.5 Å². The minimum atomic E-state index is -0.864. The summed E-state index contributed by atoms with van der Waals surface area (Å²) in [5, 5.41) is 14.5. The van der Waals surface area contributed by atoms with Gasteiger partial charge in [-0.15, -0.1) is 5.10 Å². The first-order chi connectivity index (χ1) is 13.1. The van der Waals surface area contributed by atoms with Crippen LogP contribution < -0.4 is 0 Å². The first-order valence-electron chi connectivity index (χ1n) is 8.79. The van der Waals surface area contributed by atoms with Gasteiger partial charge in [0.2, 0.25) is 5.82 Å². The second-order valence-electron chi connectivity index (χ2n) is 6.60. The van der Waals surface area contributed by atoms with Crippen molar-refractivity contribution in [1.82, 2.24) is 19.7 Å². The standard InChI is InChI=1S/C20H19FN4O2/c21-17-7-5-15(6-8-17)18(26)12-25-13-22-19(23-25)20(27)24-10-9-14-3-1-2-4-16(14)11-24/h1-8,13,18,26H,9-12H2/t18-/m0/s1. The monoisotopic (exact) mass is 366 g/mol. The van der Waals surface area contributed by atoms with Crippen molar-refractivity contribution in [3.63, 3.8) is 0 Å². The van der Waals surface area contributed by atoms with E-state index in [2.05, 4.69) is 16.1 Å². The van der Waals surface area contributed by atoms with Crippen LogP contribution in [0.1, 0.15) is 33.4 Å². The van der Waals surface area contributed by atoms with Crippen LogP contribution in [0, 0.1) is 5.82 Å². The Morgan fingerprint density at radius 2 is 1.89 bits per heavy atom. The Kier molecular flexibility index (Phi) is 4.68. The van der Waals surface area contributed by atoms with E-state index in [0.717, 1.165) is 12.0 Å². The third kappa shape index (κ3) is 3.73. The number of aliphatic hydroxyl groups excluding tert-OH is 1. The molecule has 0 bridgehead atoms. The molecule has 0 aliphatic carbocycles. The Labute approximate surface area is 155 Å². The van der Waals surface area contributed by atoms with Crippen molar-refractivity contribution >= 4 is 5.91 Å². The summed E-state index contributed by atoms with van der Waals surface area (Å²) in [6, 6.07) is 13.7. The van der Waals surface area contributed by atoms with Gasteiger partial charge in [0.25, 0.3) is 5.91 Å². The predicted octanol–water partition coefficient (Wildman–Crippen LogP) is 2.35. The molecular weight excluding hydrogens is 347 g/mol. The number of fused-ring (bicyclic) bond motifs is 1. The summed E-state index contributed by atoms with van der Waals surface area (Å²) in [6.07, 6.45) is 1.38. The van der Waals surface area contributed by atoms with Gasteiger partial charge >= 0.3 is 0 Å². The zero-order chi connectivity index (χ0) is 18.8. The van der Waals surface area contributed by atoms with Crippen molar-refractivity contribution in [2.24, 2.45) is 0 Å². The molecule has 0 radical (unpaired) electrons. The van der Waals surface area contributed by atoms with Crippen LogP contribution >= 0.6 is 0 Å². The van der Waals surface area contributed by atoms with Crippen molar-refractivity contribution < 1.29 is 14.3 Å². The Balaban J connectivity index is 1.43. The van der Waals surface area contributed by atoms with E-state index in [1.54, 1.807) is 4.90 Å². The van der Waals surface area contributed by atoms with Crippen molar-refractivity contribution in [1.29, 1.82) is 0 Å². The molecule has 27 heavy (non-hydrogen) atoms. The minimum absolute atomic E-state index is 0.112. The van der Waals surface area contributed by atoms with Crippen LogP contribution in [0.2, 0.25) is 0 Å². The molecule has 0 spiro atoms. The Morgan fingerprint density at radius 1 is 1.15 bits per heavy atom. The molecule has 0 fully saturated rings. The zero-order valence-corrected chi connectivity index (χ0v) is 14.6. The van der Waals surface area contributed by atoms with Crippen molar-refractivity contribution in [3.8, 4) is 0 Å². The number of rotatable bonds is 4. The number of carbonyl (C=O) groups excluding carboxylic acids is 1. The van der Waals surface area contributed by atoms with Gasteiger partial charge in [0, 0.05) is 13.1 Å². The lowest BCUT2D eigenvalue weighted by molar-refractivity contribution is 0.0720. The van der Waals surface area contributed by atoms with E-state index in [1.807, 2.05) is 18.2 Å². The molecule has 1 aliphatic heterocycles. The molecule has 1 aliphatic rings. The Hall–Kier alpha value is -3.06. The number of carbonyl (C=O) groups is 1. The van der Waals surface area contributed by atoms with Gasteiger partial charge < -0.3 is 10.0 Å². The highest BCUT2D eigenvalue weighted by atomic mass is 19.1. The first kappa shape index (κ1) is 17.4. The number of hydrogen-bond donors (Lipinski definition) is 1. The quantitative estimate of drug-likeness (QED) is 0.769. The number of aromatic nitrogens is 3. The van der Waals surface area contributed by atoms with E-state index in [0.29, 0.717) is 18.7 Å². The molecule has 3 aromatic rings. The van der Waals surface area contributed by atoms with Crippen LogP contribution in [0.3, 0.4) is 0 Å². The number of amides is 1. The molecule has 2 aromatic carbocycles. The van der Waals surface area contributed by atoms with Crippen LogP contribution in [-0.4, -0.2) is 37.2 Å². The van der Waals surface area contributed by atoms with E-state index >= 15 is 0 Å². The van der Waals surface area contributed by atoms with Gasteiger partial charge in [-0.2, -0.15) is 0 Å². The van der Waals surface area contributed by atoms with Crippen LogP contribution in [0.5, 0.6) is 0 Å². The number of halogens is 1. The fourth-order valence-electron chi connectivity index (χ4n) is 3.26. The van der Waals surface area contributed by atoms with E-state index in [-0.39, 0.29) is 24.1 Å². The van der Waals surface area contributed by atoms with Gasteiger partial charge in [-0.25, -0.2) is 14.1 Å². The van der Waals surface area contributed by atoms with Gasteiger partial charge in [-0.05, 0) is 35.2 Å².